The van der Waals surface area contributed by atoms with Gasteiger partial charge in [0, 0.05) is 43.2 Å². The SMILES string of the molecule is C#Cc1c(F)ccc2cc(O)cc(-c3ncc4c(N5C[C@@H]6CC(C)(O)C[C@@H]6C5)nc(OC[C@@]56CCCN5C[C@H](F)C6)nc4c3F)c12. The average molecular weight is 630 g/mol. The zero-order chi connectivity index (χ0) is 32.0. The standard InChI is InChI=1S/C35H34F3N5O3/c1-3-24-27(37)6-5-19-9-23(44)10-25(28(19)24)30-29(38)31-26(14-39-30)32(42-15-20-11-34(2,45)12-21(20)16-42)41-33(40-31)46-18-35-7-4-8-43(35)17-22(36)13-35/h1,5-6,9-10,14,20-22,44-45H,4,7-8,11-13,15-18H2,2H3/t20-,21+,22-,34?,35+/m1/s1. The van der Waals surface area contributed by atoms with Gasteiger partial charge in [-0.25, -0.2) is 13.2 Å². The number of nitrogens with zero attached hydrogens (tertiary/aromatic N) is 5. The highest BCUT2D eigenvalue weighted by atomic mass is 19.1. The summed E-state index contributed by atoms with van der Waals surface area (Å²) in [5, 5.41) is 22.2. The monoisotopic (exact) mass is 629 g/mol. The fourth-order valence-corrected chi connectivity index (χ4v) is 8.70. The maximum Gasteiger partial charge on any atom is 0.319 e. The zero-order valence-electron chi connectivity index (χ0n) is 25.4. The summed E-state index contributed by atoms with van der Waals surface area (Å²) < 4.78 is 52.3. The average Bonchev–Trinajstić information content (AvgIpc) is 3.73. The third kappa shape index (κ3) is 4.64. The summed E-state index contributed by atoms with van der Waals surface area (Å²) in [6.45, 7) is 4.46. The molecule has 3 saturated heterocycles. The first-order chi connectivity index (χ1) is 22.0. The summed E-state index contributed by atoms with van der Waals surface area (Å²) in [5.74, 6) is 1.74. The van der Waals surface area contributed by atoms with Crippen LogP contribution in [0.5, 0.6) is 11.8 Å². The Morgan fingerprint density at radius 1 is 1.11 bits per heavy atom. The minimum Gasteiger partial charge on any atom is -0.508 e. The predicted octanol–water partition coefficient (Wildman–Crippen LogP) is 5.36. The van der Waals surface area contributed by atoms with Crippen molar-refractivity contribution in [2.75, 3.05) is 37.7 Å². The molecule has 2 aromatic heterocycles. The van der Waals surface area contributed by atoms with Crippen LogP contribution in [0, 0.1) is 35.8 Å². The van der Waals surface area contributed by atoms with E-state index in [2.05, 4.69) is 25.7 Å². The van der Waals surface area contributed by atoms with E-state index in [1.165, 1.54) is 30.5 Å². The van der Waals surface area contributed by atoms with Crippen molar-refractivity contribution in [3.8, 4) is 35.4 Å². The summed E-state index contributed by atoms with van der Waals surface area (Å²) in [6.07, 6.45) is 9.67. The van der Waals surface area contributed by atoms with Crippen LogP contribution in [0.2, 0.25) is 0 Å². The molecule has 4 aliphatic rings. The molecule has 1 saturated carbocycles. The van der Waals surface area contributed by atoms with Crippen LogP contribution < -0.4 is 9.64 Å². The lowest BCUT2D eigenvalue weighted by atomic mass is 9.95. The van der Waals surface area contributed by atoms with Crippen molar-refractivity contribution in [1.29, 1.82) is 0 Å². The molecule has 238 valence electrons. The number of benzene rings is 2. The van der Waals surface area contributed by atoms with Gasteiger partial charge in [0.25, 0.3) is 0 Å². The van der Waals surface area contributed by atoms with Crippen LogP contribution in [0.1, 0.15) is 44.6 Å². The molecule has 8 rings (SSSR count). The summed E-state index contributed by atoms with van der Waals surface area (Å²) >= 11 is 0. The van der Waals surface area contributed by atoms with Crippen molar-refractivity contribution in [3.05, 3.63) is 47.7 Å². The van der Waals surface area contributed by atoms with E-state index >= 15 is 4.39 Å². The van der Waals surface area contributed by atoms with E-state index in [1.54, 1.807) is 0 Å². The first-order valence-electron chi connectivity index (χ1n) is 15.8. The van der Waals surface area contributed by atoms with Crippen LogP contribution in [0.4, 0.5) is 19.0 Å². The van der Waals surface area contributed by atoms with Gasteiger partial charge in [-0.2, -0.15) is 9.97 Å². The maximum absolute atomic E-state index is 16.8. The van der Waals surface area contributed by atoms with Crippen molar-refractivity contribution in [2.45, 2.75) is 56.3 Å². The lowest BCUT2D eigenvalue weighted by molar-refractivity contribution is 0.0601. The predicted molar refractivity (Wildman–Crippen MR) is 167 cm³/mol. The van der Waals surface area contributed by atoms with Gasteiger partial charge < -0.3 is 19.8 Å². The zero-order valence-corrected chi connectivity index (χ0v) is 25.4. The third-order valence-corrected chi connectivity index (χ3v) is 10.6. The number of phenolic OH excluding ortho intramolecular Hbond substituents is 1. The number of aromatic hydroxyl groups is 1. The summed E-state index contributed by atoms with van der Waals surface area (Å²) in [6, 6.07) is 5.40. The van der Waals surface area contributed by atoms with E-state index in [0.717, 1.165) is 19.4 Å². The summed E-state index contributed by atoms with van der Waals surface area (Å²) in [4.78, 5) is 18.0. The molecular weight excluding hydrogens is 595 g/mol. The highest BCUT2D eigenvalue weighted by Gasteiger charge is 2.50. The molecule has 4 fully saturated rings. The highest BCUT2D eigenvalue weighted by Crippen LogP contribution is 2.46. The van der Waals surface area contributed by atoms with Crippen molar-refractivity contribution in [1.82, 2.24) is 19.9 Å². The Hall–Kier alpha value is -4.14. The van der Waals surface area contributed by atoms with Gasteiger partial charge in [0.05, 0.1) is 22.1 Å². The van der Waals surface area contributed by atoms with Gasteiger partial charge in [-0.05, 0) is 74.6 Å². The Morgan fingerprint density at radius 3 is 2.65 bits per heavy atom. The molecule has 46 heavy (non-hydrogen) atoms. The molecule has 5 atom stereocenters. The first-order valence-corrected chi connectivity index (χ1v) is 15.8. The lowest BCUT2D eigenvalue weighted by Crippen LogP contribution is -2.43. The van der Waals surface area contributed by atoms with E-state index in [1.807, 2.05) is 6.92 Å². The molecule has 2 N–H and O–H groups in total. The Bertz CT molecular complexity index is 1930. The second-order valence-electron chi connectivity index (χ2n) is 13.9. The fraction of sp³-hybridized carbons (Fsp3) is 0.457. The third-order valence-electron chi connectivity index (χ3n) is 10.6. The molecule has 0 spiro atoms. The maximum atomic E-state index is 16.8. The van der Waals surface area contributed by atoms with Crippen LogP contribution in [0.3, 0.4) is 0 Å². The second-order valence-corrected chi connectivity index (χ2v) is 13.9. The van der Waals surface area contributed by atoms with Gasteiger partial charge in [0.15, 0.2) is 5.82 Å². The molecule has 5 heterocycles. The Morgan fingerprint density at radius 2 is 1.89 bits per heavy atom. The van der Waals surface area contributed by atoms with Crippen molar-refractivity contribution in [2.24, 2.45) is 11.8 Å². The first kappa shape index (κ1) is 29.3. The summed E-state index contributed by atoms with van der Waals surface area (Å²) in [7, 11) is 0. The van der Waals surface area contributed by atoms with Crippen LogP contribution in [-0.2, 0) is 0 Å². The van der Waals surface area contributed by atoms with Gasteiger partial charge >= 0.3 is 6.01 Å². The number of pyridine rings is 1. The second kappa shape index (κ2) is 10.4. The molecule has 3 aliphatic heterocycles. The van der Waals surface area contributed by atoms with Crippen molar-refractivity contribution >= 4 is 27.5 Å². The Kier molecular flexibility index (Phi) is 6.64. The number of terminal acetylenes is 1. The van der Waals surface area contributed by atoms with E-state index in [9.17, 15) is 19.0 Å². The number of fused-ring (bicyclic) bond motifs is 4. The topological polar surface area (TPSA) is 94.8 Å². The normalized spacial score (nSPS) is 29.0. The molecule has 0 amide bonds. The molecular formula is C35H34F3N5O3. The number of phenols is 1. The number of aromatic nitrogens is 3. The number of hydrogen-bond acceptors (Lipinski definition) is 8. The molecule has 1 unspecified atom stereocenters. The van der Waals surface area contributed by atoms with Crippen molar-refractivity contribution in [3.63, 3.8) is 0 Å². The number of rotatable bonds is 5. The van der Waals surface area contributed by atoms with Gasteiger partial charge in [-0.3, -0.25) is 9.88 Å². The Labute approximate surface area is 264 Å². The van der Waals surface area contributed by atoms with Gasteiger partial charge in [-0.15, -0.1) is 6.42 Å². The number of aliphatic hydroxyl groups is 1. The van der Waals surface area contributed by atoms with E-state index in [-0.39, 0.29) is 57.9 Å². The Balaban J connectivity index is 1.26. The minimum atomic E-state index is -0.931. The molecule has 2 aromatic carbocycles. The van der Waals surface area contributed by atoms with Gasteiger partial charge in [0.2, 0.25) is 0 Å². The number of ether oxygens (including phenoxy) is 1. The van der Waals surface area contributed by atoms with E-state index in [0.29, 0.717) is 55.5 Å². The molecule has 8 nitrogen and oxygen atoms in total. The lowest BCUT2D eigenvalue weighted by Gasteiger charge is -2.31. The van der Waals surface area contributed by atoms with Crippen LogP contribution in [-0.4, -0.2) is 80.2 Å². The number of halogens is 3. The van der Waals surface area contributed by atoms with Crippen molar-refractivity contribution < 1.29 is 28.1 Å². The highest BCUT2D eigenvalue weighted by molar-refractivity contribution is 6.03. The van der Waals surface area contributed by atoms with Gasteiger partial charge in [-0.1, -0.05) is 12.0 Å². The van der Waals surface area contributed by atoms with Crippen LogP contribution >= 0.6 is 0 Å². The van der Waals surface area contributed by atoms with Crippen LogP contribution in [0.25, 0.3) is 32.9 Å². The number of anilines is 1. The molecule has 11 heteroatoms. The van der Waals surface area contributed by atoms with E-state index in [4.69, 9.17) is 16.1 Å². The van der Waals surface area contributed by atoms with E-state index < -0.39 is 28.9 Å². The van der Waals surface area contributed by atoms with Gasteiger partial charge in [0.1, 0.15) is 41.4 Å². The quantitative estimate of drug-likeness (QED) is 0.285. The smallest absolute Gasteiger partial charge is 0.319 e. The molecule has 1 aliphatic carbocycles. The number of alkyl halides is 1. The molecule has 4 aromatic rings. The van der Waals surface area contributed by atoms with Crippen LogP contribution in [0.15, 0.2) is 30.5 Å². The number of hydrogen-bond donors (Lipinski definition) is 2. The fourth-order valence-electron chi connectivity index (χ4n) is 8.70. The molecule has 0 radical (unpaired) electrons. The minimum absolute atomic E-state index is 0.0257. The largest absolute Gasteiger partial charge is 0.508 e. The summed E-state index contributed by atoms with van der Waals surface area (Å²) in [5.41, 5.74) is -1.30. The molecule has 0 bridgehead atoms.